The molecule has 1 aliphatic heterocycles. The average Bonchev–Trinajstić information content (AvgIpc) is 2.70. The van der Waals surface area contributed by atoms with E-state index in [2.05, 4.69) is 15.0 Å². The molecule has 3 N–H and O–H groups in total. The second-order valence-corrected chi connectivity index (χ2v) is 6.26. The van der Waals surface area contributed by atoms with E-state index in [0.717, 1.165) is 11.1 Å². The lowest BCUT2D eigenvalue weighted by Crippen LogP contribution is -2.46. The van der Waals surface area contributed by atoms with Gasteiger partial charge in [0.2, 0.25) is 12.0 Å². The maximum atomic E-state index is 12.6. The molecule has 11 heteroatoms. The summed E-state index contributed by atoms with van der Waals surface area (Å²) in [5.41, 5.74) is 1.24. The lowest BCUT2D eigenvalue weighted by Gasteiger charge is -2.32. The summed E-state index contributed by atoms with van der Waals surface area (Å²) in [6, 6.07) is 5.19. The van der Waals surface area contributed by atoms with E-state index in [1.807, 2.05) is 0 Å². The van der Waals surface area contributed by atoms with E-state index in [1.165, 1.54) is 0 Å². The molecule has 1 atom stereocenters. The summed E-state index contributed by atoms with van der Waals surface area (Å²) < 4.78 is 48.0. The normalized spacial score (nSPS) is 16.9. The van der Waals surface area contributed by atoms with Crippen molar-refractivity contribution in [3.05, 3.63) is 30.0 Å². The van der Waals surface area contributed by atoms with Crippen LogP contribution < -0.4 is 10.1 Å². The predicted molar refractivity (Wildman–Crippen MR) is 98.7 cm³/mol. The molecular weight excluding hydrogens is 393 g/mol. The van der Waals surface area contributed by atoms with Crippen LogP contribution in [-0.2, 0) is 4.74 Å². The molecule has 1 fully saturated rings. The van der Waals surface area contributed by atoms with Crippen LogP contribution in [0.15, 0.2) is 24.3 Å². The van der Waals surface area contributed by atoms with E-state index in [9.17, 15) is 18.0 Å². The van der Waals surface area contributed by atoms with Crippen LogP contribution >= 0.6 is 0 Å². The van der Waals surface area contributed by atoms with Gasteiger partial charge in [-0.25, -0.2) is 9.78 Å². The summed E-state index contributed by atoms with van der Waals surface area (Å²) in [6.07, 6.45) is -5.25. The first-order valence-corrected chi connectivity index (χ1v) is 8.94. The zero-order valence-corrected chi connectivity index (χ0v) is 15.8. The molecule has 0 spiro atoms. The second-order valence-electron chi connectivity index (χ2n) is 6.26. The smallest absolute Gasteiger partial charge is 0.427 e. The Kier molecular flexibility index (Phi) is 7.82. The van der Waals surface area contributed by atoms with Gasteiger partial charge in [-0.1, -0.05) is 6.07 Å². The number of piperidine rings is 1. The summed E-state index contributed by atoms with van der Waals surface area (Å²) in [7, 11) is 1.71. The lowest BCUT2D eigenvalue weighted by molar-refractivity contribution is -0.214. The molecule has 1 aliphatic rings. The number of rotatable bonds is 7. The molecule has 1 amide bonds. The average molecular weight is 416 g/mol. The number of carbonyl (C=O) groups excluding carboxylic acids is 1. The van der Waals surface area contributed by atoms with Gasteiger partial charge >= 0.3 is 12.3 Å². The van der Waals surface area contributed by atoms with Crippen molar-refractivity contribution >= 4 is 18.0 Å². The van der Waals surface area contributed by atoms with E-state index >= 15 is 0 Å². The fourth-order valence-electron chi connectivity index (χ4n) is 2.74. The summed E-state index contributed by atoms with van der Waals surface area (Å²) in [5.74, 6) is 0.368. The Morgan fingerprint density at radius 2 is 2.14 bits per heavy atom. The molecule has 0 radical (unpaired) electrons. The topological polar surface area (TPSA) is 108 Å². The van der Waals surface area contributed by atoms with Crippen molar-refractivity contribution in [2.45, 2.75) is 31.2 Å². The Morgan fingerprint density at radius 3 is 2.69 bits per heavy atom. The number of carbonyl (C=O) groups is 1. The molecule has 1 unspecified atom stereocenters. The van der Waals surface area contributed by atoms with Gasteiger partial charge in [0.1, 0.15) is 6.10 Å². The first-order valence-electron chi connectivity index (χ1n) is 8.94. The first kappa shape index (κ1) is 22.5. The molecule has 1 aromatic rings. The minimum absolute atomic E-state index is 0.161. The standard InChI is InChI=1S/C18H23F3N4O4/c1-23-13(5-8-22)14-3-2-4-16(24-14)28-12-6-9-25(10-7-12)17(27)29-15(11-26)18(19,20)21/h2-5,8,12,15,22-23,26H,6-7,9-11H2,1H3/b13-5-,22-8?. The number of alkyl halides is 3. The predicted octanol–water partition coefficient (Wildman–Crippen LogP) is 2.19. The second kappa shape index (κ2) is 10.1. The number of likely N-dealkylation sites (tertiary alicyclic amines) is 1. The van der Waals surface area contributed by atoms with E-state index in [1.54, 1.807) is 31.3 Å². The van der Waals surface area contributed by atoms with E-state index in [0.29, 0.717) is 30.1 Å². The van der Waals surface area contributed by atoms with Crippen molar-refractivity contribution in [1.29, 1.82) is 5.41 Å². The third-order valence-electron chi connectivity index (χ3n) is 4.28. The number of amides is 1. The van der Waals surface area contributed by atoms with E-state index in [4.69, 9.17) is 15.3 Å². The summed E-state index contributed by atoms with van der Waals surface area (Å²) >= 11 is 0. The fourth-order valence-corrected chi connectivity index (χ4v) is 2.74. The number of nitrogens with one attached hydrogen (secondary N) is 2. The monoisotopic (exact) mass is 416 g/mol. The molecule has 29 heavy (non-hydrogen) atoms. The number of nitrogens with zero attached hydrogens (tertiary/aromatic N) is 2. The van der Waals surface area contributed by atoms with Gasteiger partial charge in [0.05, 0.1) is 18.0 Å². The van der Waals surface area contributed by atoms with Crippen LogP contribution in [-0.4, -0.2) is 72.4 Å². The van der Waals surface area contributed by atoms with Gasteiger partial charge in [-0.05, 0) is 12.1 Å². The lowest BCUT2D eigenvalue weighted by atomic mass is 10.1. The van der Waals surface area contributed by atoms with Gasteiger partial charge in [0.15, 0.2) is 0 Å². The highest BCUT2D eigenvalue weighted by atomic mass is 19.4. The van der Waals surface area contributed by atoms with Gasteiger partial charge in [-0.15, -0.1) is 0 Å². The van der Waals surface area contributed by atoms with E-state index in [-0.39, 0.29) is 19.2 Å². The van der Waals surface area contributed by atoms with Crippen LogP contribution in [0.2, 0.25) is 0 Å². The number of aliphatic hydroxyl groups is 1. The van der Waals surface area contributed by atoms with Crippen molar-refractivity contribution in [3.63, 3.8) is 0 Å². The van der Waals surface area contributed by atoms with Crippen molar-refractivity contribution in [3.8, 4) is 5.88 Å². The Labute approximate surface area is 165 Å². The summed E-state index contributed by atoms with van der Waals surface area (Å²) in [4.78, 5) is 17.4. The number of aliphatic hydroxyl groups excluding tert-OH is 1. The SMILES string of the molecule is CN/C(=C\C=N)c1cccc(OC2CCN(C(=O)OC(CO)C(F)(F)F)CC2)n1. The number of aromatic nitrogens is 1. The maximum Gasteiger partial charge on any atom is 0.427 e. The van der Waals surface area contributed by atoms with Crippen LogP contribution in [0.4, 0.5) is 18.0 Å². The maximum absolute atomic E-state index is 12.6. The highest BCUT2D eigenvalue weighted by Gasteiger charge is 2.43. The first-order chi connectivity index (χ1) is 13.8. The Bertz CT molecular complexity index is 734. The number of hydrogen-bond acceptors (Lipinski definition) is 7. The van der Waals surface area contributed by atoms with Gasteiger partial charge in [0.25, 0.3) is 0 Å². The highest BCUT2D eigenvalue weighted by Crippen LogP contribution is 2.24. The third-order valence-corrected chi connectivity index (χ3v) is 4.28. The molecular formula is C18H23F3N4O4. The fraction of sp³-hybridized carbons (Fsp3) is 0.500. The molecule has 1 aromatic heterocycles. The van der Waals surface area contributed by atoms with Crippen LogP contribution in [0.3, 0.4) is 0 Å². The third kappa shape index (κ3) is 6.34. The van der Waals surface area contributed by atoms with Gasteiger partial charge < -0.3 is 30.2 Å². The molecule has 0 bridgehead atoms. The molecule has 2 heterocycles. The Morgan fingerprint density at radius 1 is 1.45 bits per heavy atom. The van der Waals surface area contributed by atoms with Crippen LogP contribution in [0.5, 0.6) is 5.88 Å². The van der Waals surface area contributed by atoms with Gasteiger partial charge in [-0.3, -0.25) is 0 Å². The molecule has 8 nitrogen and oxygen atoms in total. The number of allylic oxidation sites excluding steroid dienone is 1. The van der Waals surface area contributed by atoms with Crippen molar-refractivity contribution in [2.75, 3.05) is 26.7 Å². The van der Waals surface area contributed by atoms with E-state index < -0.39 is 25.0 Å². The molecule has 0 saturated carbocycles. The van der Waals surface area contributed by atoms with Crippen molar-refractivity contribution < 1.29 is 32.5 Å². The summed E-state index contributed by atoms with van der Waals surface area (Å²) in [5, 5.41) is 18.9. The Balaban J connectivity index is 1.91. The summed E-state index contributed by atoms with van der Waals surface area (Å²) in [6.45, 7) is -0.999. The zero-order valence-electron chi connectivity index (χ0n) is 15.8. The van der Waals surface area contributed by atoms with Crippen LogP contribution in [0, 0.1) is 5.41 Å². The van der Waals surface area contributed by atoms with Crippen molar-refractivity contribution in [1.82, 2.24) is 15.2 Å². The number of hydrogen-bond donors (Lipinski definition) is 3. The highest BCUT2D eigenvalue weighted by molar-refractivity contribution is 5.81. The minimum atomic E-state index is -4.82. The van der Waals surface area contributed by atoms with Crippen molar-refractivity contribution in [2.24, 2.45) is 0 Å². The number of halogens is 3. The quantitative estimate of drug-likeness (QED) is 0.588. The zero-order chi connectivity index (χ0) is 21.4. The minimum Gasteiger partial charge on any atom is -0.474 e. The molecule has 1 saturated heterocycles. The molecule has 0 aromatic carbocycles. The number of pyridine rings is 1. The van der Waals surface area contributed by atoms with Crippen LogP contribution in [0.1, 0.15) is 18.5 Å². The van der Waals surface area contributed by atoms with Crippen LogP contribution in [0.25, 0.3) is 5.70 Å². The molecule has 2 rings (SSSR count). The number of ether oxygens (including phenoxy) is 2. The molecule has 160 valence electrons. The van der Waals surface area contributed by atoms with Gasteiger partial charge in [0, 0.05) is 45.3 Å². The molecule has 0 aliphatic carbocycles. The Hall–Kier alpha value is -2.82. The largest absolute Gasteiger partial charge is 0.474 e. The van der Waals surface area contributed by atoms with Gasteiger partial charge in [-0.2, -0.15) is 13.2 Å².